The molecule has 0 aliphatic heterocycles. The number of hydrogen-bond acceptors (Lipinski definition) is 3. The Morgan fingerprint density at radius 1 is 1.06 bits per heavy atom. The Kier molecular flexibility index (Phi) is 6.03. The molecule has 3 atom stereocenters. The first-order valence-corrected chi connectivity index (χ1v) is 12.0. The summed E-state index contributed by atoms with van der Waals surface area (Å²) in [5.41, 5.74) is 1.18. The molecule has 0 saturated heterocycles. The molecule has 2 bridgehead atoms. The molecule has 1 N–H and O–H groups in total. The van der Waals surface area contributed by atoms with Gasteiger partial charge in [-0.3, -0.25) is 9.10 Å². The predicted octanol–water partition coefficient (Wildman–Crippen LogP) is 3.56. The maximum absolute atomic E-state index is 14.4. The molecule has 0 heterocycles. The normalized spacial score (nSPS) is 22.6. The second-order valence-electron chi connectivity index (χ2n) is 8.70. The maximum atomic E-state index is 14.4. The summed E-state index contributed by atoms with van der Waals surface area (Å²) < 4.78 is 42.2. The van der Waals surface area contributed by atoms with Crippen LogP contribution in [-0.4, -0.2) is 38.8 Å². The molecule has 166 valence electrons. The minimum Gasteiger partial charge on any atom is -0.349 e. The highest BCUT2D eigenvalue weighted by molar-refractivity contribution is 7.90. The minimum atomic E-state index is -3.91. The van der Waals surface area contributed by atoms with Gasteiger partial charge in [0, 0.05) is 25.7 Å². The molecular formula is C23H28FN3O3S. The first-order valence-electron chi connectivity index (χ1n) is 10.6. The lowest BCUT2D eigenvalue weighted by Gasteiger charge is -2.28. The molecule has 2 fully saturated rings. The summed E-state index contributed by atoms with van der Waals surface area (Å²) in [5, 5.41) is 3.16. The molecule has 8 heteroatoms. The number of halogens is 1. The van der Waals surface area contributed by atoms with Crippen molar-refractivity contribution in [3.63, 3.8) is 0 Å². The Balaban J connectivity index is 1.50. The van der Waals surface area contributed by atoms with Crippen LogP contribution in [0.25, 0.3) is 0 Å². The van der Waals surface area contributed by atoms with E-state index in [9.17, 15) is 17.6 Å². The largest absolute Gasteiger partial charge is 0.349 e. The molecular weight excluding hydrogens is 417 g/mol. The highest BCUT2D eigenvalue weighted by atomic mass is 32.2. The van der Waals surface area contributed by atoms with Crippen LogP contribution in [0.3, 0.4) is 0 Å². The van der Waals surface area contributed by atoms with Gasteiger partial charge in [0.2, 0.25) is 0 Å². The summed E-state index contributed by atoms with van der Waals surface area (Å²) in [5.74, 6) is 0.630. The van der Waals surface area contributed by atoms with E-state index in [1.165, 1.54) is 51.6 Å². The van der Waals surface area contributed by atoms with E-state index in [0.717, 1.165) is 20.9 Å². The number of nitrogens with zero attached hydrogens (tertiary/aromatic N) is 2. The smallest absolute Gasteiger partial charge is 0.303 e. The van der Waals surface area contributed by atoms with Gasteiger partial charge in [-0.1, -0.05) is 30.7 Å². The standard InChI is InChI=1S/C23H28FN3O3S/c1-26(2)31(29,30)27(22-6-4-3-5-20(22)24)15-16-7-10-18(11-8-16)23(28)25-21-14-17-9-12-19(21)13-17/h3-8,10-11,17,19,21H,9,12-15H2,1-2H3,(H,25,28). The van der Waals surface area contributed by atoms with E-state index in [4.69, 9.17) is 0 Å². The number of rotatable bonds is 7. The van der Waals surface area contributed by atoms with E-state index in [0.29, 0.717) is 17.0 Å². The number of fused-ring (bicyclic) bond motifs is 2. The average Bonchev–Trinajstić information content (AvgIpc) is 3.36. The van der Waals surface area contributed by atoms with Crippen molar-refractivity contribution in [1.29, 1.82) is 0 Å². The van der Waals surface area contributed by atoms with Crippen molar-refractivity contribution in [1.82, 2.24) is 9.62 Å². The van der Waals surface area contributed by atoms with E-state index < -0.39 is 16.0 Å². The second kappa shape index (κ2) is 8.59. The number of nitrogens with one attached hydrogen (secondary N) is 1. The highest BCUT2D eigenvalue weighted by Crippen LogP contribution is 2.44. The Morgan fingerprint density at radius 2 is 1.77 bits per heavy atom. The Hall–Kier alpha value is -2.45. The number of amides is 1. The highest BCUT2D eigenvalue weighted by Gasteiger charge is 2.40. The van der Waals surface area contributed by atoms with Crippen molar-refractivity contribution >= 4 is 21.8 Å². The van der Waals surface area contributed by atoms with Crippen LogP contribution >= 0.6 is 0 Å². The number of para-hydroxylation sites is 1. The van der Waals surface area contributed by atoms with Crippen LogP contribution in [0.4, 0.5) is 10.1 Å². The van der Waals surface area contributed by atoms with Crippen LogP contribution < -0.4 is 9.62 Å². The lowest BCUT2D eigenvalue weighted by molar-refractivity contribution is 0.0923. The van der Waals surface area contributed by atoms with Crippen LogP contribution in [0.5, 0.6) is 0 Å². The maximum Gasteiger partial charge on any atom is 0.303 e. The Labute approximate surface area is 183 Å². The summed E-state index contributed by atoms with van der Waals surface area (Å²) in [7, 11) is -1.09. The fourth-order valence-corrected chi connectivity index (χ4v) is 5.85. The molecule has 4 rings (SSSR count). The van der Waals surface area contributed by atoms with Gasteiger partial charge in [0.25, 0.3) is 5.91 Å². The molecule has 2 saturated carbocycles. The lowest BCUT2D eigenvalue weighted by atomic mass is 9.95. The third-order valence-electron chi connectivity index (χ3n) is 6.46. The van der Waals surface area contributed by atoms with Crippen LogP contribution in [0.2, 0.25) is 0 Å². The first kappa shape index (κ1) is 21.8. The zero-order chi connectivity index (χ0) is 22.2. The Bertz CT molecular complexity index is 1060. The summed E-state index contributed by atoms with van der Waals surface area (Å²) in [4.78, 5) is 12.7. The topological polar surface area (TPSA) is 69.7 Å². The average molecular weight is 446 g/mol. The number of carbonyl (C=O) groups excluding carboxylic acids is 1. The van der Waals surface area contributed by atoms with Crippen molar-refractivity contribution < 1.29 is 17.6 Å². The molecule has 1 amide bonds. The number of benzene rings is 2. The quantitative estimate of drug-likeness (QED) is 0.709. The molecule has 2 aliphatic rings. The van der Waals surface area contributed by atoms with Gasteiger partial charge >= 0.3 is 10.2 Å². The first-order chi connectivity index (χ1) is 14.8. The molecule has 6 nitrogen and oxygen atoms in total. The van der Waals surface area contributed by atoms with E-state index in [1.54, 1.807) is 30.3 Å². The number of anilines is 1. The zero-order valence-electron chi connectivity index (χ0n) is 17.8. The monoisotopic (exact) mass is 445 g/mol. The van der Waals surface area contributed by atoms with Crippen LogP contribution in [-0.2, 0) is 16.8 Å². The van der Waals surface area contributed by atoms with Gasteiger partial charge in [0.15, 0.2) is 0 Å². The molecule has 0 spiro atoms. The minimum absolute atomic E-state index is 0.0192. The molecule has 31 heavy (non-hydrogen) atoms. The van der Waals surface area contributed by atoms with Gasteiger partial charge in [-0.2, -0.15) is 12.7 Å². The van der Waals surface area contributed by atoms with Crippen molar-refractivity contribution in [2.45, 2.75) is 38.3 Å². The fraction of sp³-hybridized carbons (Fsp3) is 0.435. The number of hydrogen-bond donors (Lipinski definition) is 1. The Morgan fingerprint density at radius 3 is 2.35 bits per heavy atom. The summed E-state index contributed by atoms with van der Waals surface area (Å²) in [6.45, 7) is -0.0459. The SMILES string of the molecule is CN(C)S(=O)(=O)N(Cc1ccc(C(=O)NC2CC3CCC2C3)cc1)c1ccccc1F. The van der Waals surface area contributed by atoms with Crippen molar-refractivity contribution in [2.75, 3.05) is 18.4 Å². The zero-order valence-corrected chi connectivity index (χ0v) is 18.6. The number of carbonyl (C=O) groups is 1. The van der Waals surface area contributed by atoms with E-state index >= 15 is 0 Å². The van der Waals surface area contributed by atoms with Gasteiger partial charge in [-0.25, -0.2) is 4.39 Å². The molecule has 2 aromatic carbocycles. The van der Waals surface area contributed by atoms with Gasteiger partial charge in [-0.15, -0.1) is 0 Å². The molecule has 2 aliphatic carbocycles. The van der Waals surface area contributed by atoms with Gasteiger partial charge in [0.05, 0.1) is 12.2 Å². The third kappa shape index (κ3) is 4.45. The van der Waals surface area contributed by atoms with Crippen molar-refractivity contribution in [3.8, 4) is 0 Å². The van der Waals surface area contributed by atoms with Crippen LogP contribution in [0.1, 0.15) is 41.6 Å². The predicted molar refractivity (Wildman–Crippen MR) is 118 cm³/mol. The van der Waals surface area contributed by atoms with Gasteiger partial charge in [0.1, 0.15) is 5.82 Å². The van der Waals surface area contributed by atoms with Crippen LogP contribution in [0.15, 0.2) is 48.5 Å². The molecule has 0 aromatic heterocycles. The van der Waals surface area contributed by atoms with E-state index in [2.05, 4.69) is 5.32 Å². The molecule has 3 unspecified atom stereocenters. The van der Waals surface area contributed by atoms with Crippen LogP contribution in [0, 0.1) is 17.7 Å². The van der Waals surface area contributed by atoms with E-state index in [-0.39, 0.29) is 24.2 Å². The fourth-order valence-electron chi connectivity index (χ4n) is 4.74. The third-order valence-corrected chi connectivity index (χ3v) is 8.26. The summed E-state index contributed by atoms with van der Waals surface area (Å²) in [6.07, 6.45) is 4.76. The summed E-state index contributed by atoms with van der Waals surface area (Å²) in [6, 6.07) is 12.9. The molecule has 0 radical (unpaired) electrons. The second-order valence-corrected chi connectivity index (χ2v) is 10.8. The van der Waals surface area contributed by atoms with Crippen molar-refractivity contribution in [3.05, 3.63) is 65.5 Å². The molecule has 2 aromatic rings. The van der Waals surface area contributed by atoms with Gasteiger partial charge in [-0.05, 0) is 60.9 Å². The lowest BCUT2D eigenvalue weighted by Crippen LogP contribution is -2.40. The van der Waals surface area contributed by atoms with Crippen molar-refractivity contribution in [2.24, 2.45) is 11.8 Å². The van der Waals surface area contributed by atoms with E-state index in [1.807, 2.05) is 0 Å². The van der Waals surface area contributed by atoms with Gasteiger partial charge < -0.3 is 5.32 Å². The summed E-state index contributed by atoms with van der Waals surface area (Å²) >= 11 is 0.